The summed E-state index contributed by atoms with van der Waals surface area (Å²) >= 11 is 1.24. The molecule has 3 aromatic heterocycles. The highest BCUT2D eigenvalue weighted by atomic mass is 32.1. The monoisotopic (exact) mass is 378 g/mol. The lowest BCUT2D eigenvalue weighted by Gasteiger charge is -2.04. The summed E-state index contributed by atoms with van der Waals surface area (Å²) < 4.78 is 13.9. The molecule has 0 fully saturated rings. The minimum absolute atomic E-state index is 0.139. The summed E-state index contributed by atoms with van der Waals surface area (Å²) in [5, 5.41) is 3.20. The van der Waals surface area contributed by atoms with Gasteiger partial charge in [0.2, 0.25) is 5.91 Å². The third kappa shape index (κ3) is 3.98. The predicted octanol–water partition coefficient (Wildman–Crippen LogP) is 4.38. The van der Waals surface area contributed by atoms with Crippen molar-refractivity contribution in [3.05, 3.63) is 72.1 Å². The van der Waals surface area contributed by atoms with Crippen molar-refractivity contribution in [2.45, 2.75) is 13.3 Å². The molecule has 0 unspecified atom stereocenters. The summed E-state index contributed by atoms with van der Waals surface area (Å²) in [7, 11) is 0. The average Bonchev–Trinajstić information content (AvgIpc) is 3.03. The van der Waals surface area contributed by atoms with Crippen LogP contribution in [0.5, 0.6) is 0 Å². The number of thiazole rings is 1. The van der Waals surface area contributed by atoms with E-state index in [2.05, 4.69) is 20.3 Å². The molecule has 4 aromatic rings. The lowest BCUT2D eigenvalue weighted by atomic mass is 10.1. The van der Waals surface area contributed by atoms with Crippen molar-refractivity contribution in [3.8, 4) is 11.1 Å². The largest absolute Gasteiger partial charge is 0.302 e. The summed E-state index contributed by atoms with van der Waals surface area (Å²) in [6.45, 7) is 1.94. The molecule has 27 heavy (non-hydrogen) atoms. The number of fused-ring (bicyclic) bond motifs is 1. The molecule has 0 radical (unpaired) electrons. The summed E-state index contributed by atoms with van der Waals surface area (Å²) in [6, 6.07) is 12.0. The van der Waals surface area contributed by atoms with E-state index in [1.807, 2.05) is 31.2 Å². The molecule has 0 saturated carbocycles. The van der Waals surface area contributed by atoms with Crippen molar-refractivity contribution >= 4 is 32.6 Å². The molecule has 0 aliphatic carbocycles. The van der Waals surface area contributed by atoms with Crippen LogP contribution < -0.4 is 5.32 Å². The maximum Gasteiger partial charge on any atom is 0.232 e. The number of nitrogens with zero attached hydrogens (tertiary/aromatic N) is 3. The molecule has 1 amide bonds. The molecule has 0 saturated heterocycles. The van der Waals surface area contributed by atoms with Crippen LogP contribution in [0.15, 0.2) is 54.9 Å². The first kappa shape index (κ1) is 17.2. The fraction of sp³-hybridized carbons (Fsp3) is 0.100. The minimum atomic E-state index is -0.322. The quantitative estimate of drug-likeness (QED) is 0.572. The van der Waals surface area contributed by atoms with Gasteiger partial charge in [-0.25, -0.2) is 9.37 Å². The molecule has 0 spiro atoms. The van der Waals surface area contributed by atoms with Crippen molar-refractivity contribution in [2.75, 3.05) is 5.32 Å². The van der Waals surface area contributed by atoms with Crippen LogP contribution in [0.3, 0.4) is 0 Å². The number of amides is 1. The Morgan fingerprint density at radius 3 is 2.78 bits per heavy atom. The molecule has 0 aliphatic rings. The Bertz CT molecular complexity index is 1120. The smallest absolute Gasteiger partial charge is 0.232 e. The number of pyridine rings is 2. The molecule has 1 aromatic carbocycles. The number of rotatable bonds is 4. The van der Waals surface area contributed by atoms with E-state index in [1.165, 1.54) is 23.5 Å². The highest BCUT2D eigenvalue weighted by Crippen LogP contribution is 2.26. The van der Waals surface area contributed by atoms with Crippen LogP contribution in [0.4, 0.5) is 9.52 Å². The standard InChI is InChI=1S/C20H15FN4OS/c1-12-8-13(6-7-22-12)14-2-4-16(23-11-14)10-19(26)25-20-24-17-5-3-15(21)9-18(17)27-20/h2-9,11H,10H2,1H3,(H,24,25,26). The normalized spacial score (nSPS) is 10.9. The number of halogens is 1. The van der Waals surface area contributed by atoms with E-state index >= 15 is 0 Å². The number of hydrogen-bond acceptors (Lipinski definition) is 5. The Morgan fingerprint density at radius 2 is 2.00 bits per heavy atom. The Morgan fingerprint density at radius 1 is 1.11 bits per heavy atom. The number of aryl methyl sites for hydroxylation is 1. The second-order valence-electron chi connectivity index (χ2n) is 6.08. The van der Waals surface area contributed by atoms with Crippen LogP contribution in [0.2, 0.25) is 0 Å². The van der Waals surface area contributed by atoms with Gasteiger partial charge in [0.25, 0.3) is 0 Å². The summed E-state index contributed by atoms with van der Waals surface area (Å²) in [5.41, 5.74) is 4.26. The number of benzene rings is 1. The highest BCUT2D eigenvalue weighted by Gasteiger charge is 2.10. The molecular weight excluding hydrogens is 363 g/mol. The van der Waals surface area contributed by atoms with Gasteiger partial charge in [-0.1, -0.05) is 17.4 Å². The van der Waals surface area contributed by atoms with Gasteiger partial charge in [0.15, 0.2) is 5.13 Å². The molecule has 0 bridgehead atoms. The zero-order valence-electron chi connectivity index (χ0n) is 14.4. The van der Waals surface area contributed by atoms with Crippen molar-refractivity contribution in [3.63, 3.8) is 0 Å². The topological polar surface area (TPSA) is 67.8 Å². The first-order valence-corrected chi connectivity index (χ1v) is 9.12. The maximum absolute atomic E-state index is 13.3. The van der Waals surface area contributed by atoms with E-state index in [0.717, 1.165) is 16.8 Å². The Labute approximate surface area is 158 Å². The van der Waals surface area contributed by atoms with Gasteiger partial charge in [-0.15, -0.1) is 0 Å². The van der Waals surface area contributed by atoms with Gasteiger partial charge in [0.1, 0.15) is 5.82 Å². The number of carbonyl (C=O) groups excluding carboxylic acids is 1. The number of hydrogen-bond donors (Lipinski definition) is 1. The van der Waals surface area contributed by atoms with Crippen LogP contribution in [0.1, 0.15) is 11.4 Å². The molecule has 1 N–H and O–H groups in total. The minimum Gasteiger partial charge on any atom is -0.302 e. The van der Waals surface area contributed by atoms with E-state index < -0.39 is 0 Å². The highest BCUT2D eigenvalue weighted by molar-refractivity contribution is 7.22. The molecule has 0 aliphatic heterocycles. The van der Waals surface area contributed by atoms with E-state index in [9.17, 15) is 9.18 Å². The third-order valence-electron chi connectivity index (χ3n) is 3.99. The molecule has 3 heterocycles. The summed E-state index contributed by atoms with van der Waals surface area (Å²) in [5.74, 6) is -0.535. The zero-order chi connectivity index (χ0) is 18.8. The Hall–Kier alpha value is -3.19. The Balaban J connectivity index is 1.44. The number of anilines is 1. The lowest BCUT2D eigenvalue weighted by molar-refractivity contribution is -0.115. The third-order valence-corrected chi connectivity index (χ3v) is 4.93. The van der Waals surface area contributed by atoms with Crippen LogP contribution in [-0.2, 0) is 11.2 Å². The van der Waals surface area contributed by atoms with E-state index in [4.69, 9.17) is 0 Å². The van der Waals surface area contributed by atoms with Gasteiger partial charge in [-0.3, -0.25) is 14.8 Å². The van der Waals surface area contributed by atoms with Gasteiger partial charge in [0.05, 0.1) is 16.6 Å². The average molecular weight is 378 g/mol. The van der Waals surface area contributed by atoms with Crippen molar-refractivity contribution in [2.24, 2.45) is 0 Å². The Kier molecular flexibility index (Phi) is 4.60. The van der Waals surface area contributed by atoms with Gasteiger partial charge in [0, 0.05) is 29.3 Å². The van der Waals surface area contributed by atoms with E-state index in [-0.39, 0.29) is 18.1 Å². The van der Waals surface area contributed by atoms with Crippen LogP contribution in [0.25, 0.3) is 21.3 Å². The second kappa shape index (κ2) is 7.20. The number of nitrogens with one attached hydrogen (secondary N) is 1. The first-order valence-electron chi connectivity index (χ1n) is 8.31. The van der Waals surface area contributed by atoms with Crippen molar-refractivity contribution in [1.29, 1.82) is 0 Å². The molecule has 7 heteroatoms. The van der Waals surface area contributed by atoms with Gasteiger partial charge < -0.3 is 5.32 Å². The van der Waals surface area contributed by atoms with Crippen LogP contribution in [-0.4, -0.2) is 20.9 Å². The number of aromatic nitrogens is 3. The van der Waals surface area contributed by atoms with Gasteiger partial charge >= 0.3 is 0 Å². The first-order chi connectivity index (χ1) is 13.1. The van der Waals surface area contributed by atoms with Crippen LogP contribution >= 0.6 is 11.3 Å². The predicted molar refractivity (Wildman–Crippen MR) is 104 cm³/mol. The maximum atomic E-state index is 13.3. The second-order valence-corrected chi connectivity index (χ2v) is 7.11. The fourth-order valence-electron chi connectivity index (χ4n) is 2.70. The molecular formula is C20H15FN4OS. The van der Waals surface area contributed by atoms with Gasteiger partial charge in [-0.2, -0.15) is 0 Å². The summed E-state index contributed by atoms with van der Waals surface area (Å²) in [4.78, 5) is 25.1. The summed E-state index contributed by atoms with van der Waals surface area (Å²) in [6.07, 6.45) is 3.65. The molecule has 0 atom stereocenters. The molecule has 134 valence electrons. The van der Waals surface area contributed by atoms with Crippen molar-refractivity contribution in [1.82, 2.24) is 15.0 Å². The van der Waals surface area contributed by atoms with Crippen molar-refractivity contribution < 1.29 is 9.18 Å². The van der Waals surface area contributed by atoms with E-state index in [1.54, 1.807) is 18.5 Å². The zero-order valence-corrected chi connectivity index (χ0v) is 15.3. The fourth-order valence-corrected chi connectivity index (χ4v) is 3.61. The van der Waals surface area contributed by atoms with Gasteiger partial charge in [-0.05, 0) is 48.9 Å². The van der Waals surface area contributed by atoms with Crippen LogP contribution in [0, 0.1) is 12.7 Å². The number of carbonyl (C=O) groups is 1. The SMILES string of the molecule is Cc1cc(-c2ccc(CC(=O)Nc3nc4ccc(F)cc4s3)nc2)ccn1. The lowest BCUT2D eigenvalue weighted by Crippen LogP contribution is -2.14. The molecule has 5 nitrogen and oxygen atoms in total. The van der Waals surface area contributed by atoms with E-state index in [0.29, 0.717) is 21.0 Å². The molecule has 4 rings (SSSR count).